The van der Waals surface area contributed by atoms with Gasteiger partial charge in [-0.25, -0.2) is 5.06 Å². The average Bonchev–Trinajstić information content (AvgIpc) is 2.05. The molecule has 0 radical (unpaired) electrons. The normalized spacial score (nSPS) is 23.2. The second-order valence-corrected chi connectivity index (χ2v) is 2.16. The van der Waals surface area contributed by atoms with E-state index in [-0.39, 0.29) is 11.6 Å². The number of hydrogen-bond donors (Lipinski definition) is 2. The SMILES string of the molecule is COC1=NC(OC)N(O)C=C1N. The van der Waals surface area contributed by atoms with Crippen molar-refractivity contribution < 1.29 is 14.7 Å². The van der Waals surface area contributed by atoms with Crippen molar-refractivity contribution in [3.63, 3.8) is 0 Å². The molecule has 0 aromatic rings. The van der Waals surface area contributed by atoms with Crippen LogP contribution in [0.4, 0.5) is 0 Å². The number of ether oxygens (including phenoxy) is 2. The molecule has 0 aromatic heterocycles. The summed E-state index contributed by atoms with van der Waals surface area (Å²) in [5.74, 6) is 0.257. The Labute approximate surface area is 69.8 Å². The summed E-state index contributed by atoms with van der Waals surface area (Å²) in [7, 11) is 2.86. The molecule has 3 N–H and O–H groups in total. The van der Waals surface area contributed by atoms with Crippen molar-refractivity contribution in [1.29, 1.82) is 0 Å². The molecule has 0 aromatic carbocycles. The van der Waals surface area contributed by atoms with E-state index < -0.39 is 6.35 Å². The first-order valence-electron chi connectivity index (χ1n) is 3.28. The lowest BCUT2D eigenvalue weighted by Gasteiger charge is -2.24. The van der Waals surface area contributed by atoms with Crippen molar-refractivity contribution in [2.45, 2.75) is 6.35 Å². The number of methoxy groups -OCH3 is 2. The van der Waals surface area contributed by atoms with Crippen molar-refractivity contribution in [2.24, 2.45) is 10.7 Å². The predicted octanol–water partition coefficient (Wildman–Crippen LogP) is -0.534. The summed E-state index contributed by atoms with van der Waals surface area (Å²) in [6, 6.07) is 0. The molecule has 1 atom stereocenters. The Hall–Kier alpha value is -1.27. The highest BCUT2D eigenvalue weighted by Gasteiger charge is 2.20. The molecule has 6 nitrogen and oxygen atoms in total. The van der Waals surface area contributed by atoms with Crippen molar-refractivity contribution in [3.05, 3.63) is 11.9 Å². The van der Waals surface area contributed by atoms with E-state index >= 15 is 0 Å². The summed E-state index contributed by atoms with van der Waals surface area (Å²) in [4.78, 5) is 3.84. The summed E-state index contributed by atoms with van der Waals surface area (Å²) in [6.07, 6.45) is 0.493. The van der Waals surface area contributed by atoms with E-state index in [2.05, 4.69) is 4.99 Å². The van der Waals surface area contributed by atoms with Crippen molar-refractivity contribution in [1.82, 2.24) is 5.06 Å². The van der Waals surface area contributed by atoms with E-state index in [0.717, 1.165) is 5.06 Å². The first kappa shape index (κ1) is 8.82. The third-order valence-electron chi connectivity index (χ3n) is 1.38. The number of hydrogen-bond acceptors (Lipinski definition) is 6. The van der Waals surface area contributed by atoms with Gasteiger partial charge in [-0.15, -0.1) is 0 Å². The fourth-order valence-electron chi connectivity index (χ4n) is 0.827. The maximum Gasteiger partial charge on any atom is 0.253 e. The van der Waals surface area contributed by atoms with Gasteiger partial charge < -0.3 is 15.2 Å². The Morgan fingerprint density at radius 3 is 2.83 bits per heavy atom. The van der Waals surface area contributed by atoms with E-state index in [4.69, 9.17) is 20.4 Å². The van der Waals surface area contributed by atoms with Crippen LogP contribution in [0.2, 0.25) is 0 Å². The zero-order chi connectivity index (χ0) is 9.14. The molecule has 1 aliphatic heterocycles. The smallest absolute Gasteiger partial charge is 0.253 e. The molecule has 0 aliphatic carbocycles. The minimum atomic E-state index is -0.785. The molecule has 6 heteroatoms. The molecule has 0 fully saturated rings. The van der Waals surface area contributed by atoms with Crippen LogP contribution in [0.1, 0.15) is 0 Å². The topological polar surface area (TPSA) is 80.3 Å². The first-order valence-corrected chi connectivity index (χ1v) is 3.28. The van der Waals surface area contributed by atoms with Gasteiger partial charge in [-0.1, -0.05) is 0 Å². The maximum absolute atomic E-state index is 9.14. The van der Waals surface area contributed by atoms with Gasteiger partial charge in [-0.3, -0.25) is 5.21 Å². The Morgan fingerprint density at radius 2 is 2.33 bits per heavy atom. The molecule has 0 saturated carbocycles. The number of nitrogens with two attached hydrogens (primary N) is 1. The lowest BCUT2D eigenvalue weighted by Crippen LogP contribution is -2.35. The minimum Gasteiger partial charge on any atom is -0.480 e. The van der Waals surface area contributed by atoms with E-state index in [0.29, 0.717) is 0 Å². The molecule has 0 amide bonds. The molecule has 0 saturated heterocycles. The van der Waals surface area contributed by atoms with Gasteiger partial charge in [0.25, 0.3) is 6.35 Å². The number of rotatable bonds is 1. The van der Waals surface area contributed by atoms with Crippen LogP contribution in [0, 0.1) is 0 Å². The van der Waals surface area contributed by atoms with Crippen molar-refractivity contribution >= 4 is 5.90 Å². The number of aliphatic imine (C=N–C) groups is 1. The minimum absolute atomic E-state index is 0.257. The van der Waals surface area contributed by atoms with Gasteiger partial charge in [0.1, 0.15) is 5.70 Å². The number of nitrogens with zero attached hydrogens (tertiary/aromatic N) is 2. The lowest BCUT2D eigenvalue weighted by molar-refractivity contribution is -0.170. The van der Waals surface area contributed by atoms with Crippen LogP contribution in [-0.4, -0.2) is 36.7 Å². The highest BCUT2D eigenvalue weighted by atomic mass is 16.6. The van der Waals surface area contributed by atoms with Crippen LogP contribution < -0.4 is 5.73 Å². The Morgan fingerprint density at radius 1 is 1.67 bits per heavy atom. The van der Waals surface area contributed by atoms with Crippen molar-refractivity contribution in [3.8, 4) is 0 Å². The molecule has 1 rings (SSSR count). The van der Waals surface area contributed by atoms with Gasteiger partial charge in [0, 0.05) is 7.11 Å². The summed E-state index contributed by atoms with van der Waals surface area (Å²) in [5, 5.41) is 9.90. The summed E-state index contributed by atoms with van der Waals surface area (Å²) in [5.41, 5.74) is 5.70. The summed E-state index contributed by atoms with van der Waals surface area (Å²) >= 11 is 0. The third kappa shape index (κ3) is 1.49. The van der Waals surface area contributed by atoms with Gasteiger partial charge in [-0.05, 0) is 0 Å². The zero-order valence-electron chi connectivity index (χ0n) is 6.89. The Balaban J connectivity index is 2.81. The largest absolute Gasteiger partial charge is 0.480 e. The second-order valence-electron chi connectivity index (χ2n) is 2.16. The predicted molar refractivity (Wildman–Crippen MR) is 41.1 cm³/mol. The average molecular weight is 173 g/mol. The third-order valence-corrected chi connectivity index (χ3v) is 1.38. The Kier molecular flexibility index (Phi) is 2.51. The molecule has 0 spiro atoms. The van der Waals surface area contributed by atoms with Crippen LogP contribution in [0.25, 0.3) is 0 Å². The molecule has 1 heterocycles. The van der Waals surface area contributed by atoms with Gasteiger partial charge in [0.2, 0.25) is 5.90 Å². The van der Waals surface area contributed by atoms with E-state index in [9.17, 15) is 0 Å². The fourth-order valence-corrected chi connectivity index (χ4v) is 0.827. The van der Waals surface area contributed by atoms with E-state index in [1.54, 1.807) is 0 Å². The van der Waals surface area contributed by atoms with Crippen LogP contribution in [-0.2, 0) is 9.47 Å². The standard InChI is InChI=1S/C6H11N3O3/c1-11-5-4(7)3-9(10)6(8-5)12-2/h3,6,10H,7H2,1-2H3. The van der Waals surface area contributed by atoms with E-state index in [1.807, 2.05) is 0 Å². The molecule has 1 unspecified atom stereocenters. The van der Waals surface area contributed by atoms with Crippen LogP contribution >= 0.6 is 0 Å². The molecule has 68 valence electrons. The van der Waals surface area contributed by atoms with Crippen molar-refractivity contribution in [2.75, 3.05) is 14.2 Å². The highest BCUT2D eigenvalue weighted by molar-refractivity contribution is 5.92. The first-order chi connectivity index (χ1) is 5.69. The molecule has 12 heavy (non-hydrogen) atoms. The summed E-state index contributed by atoms with van der Waals surface area (Å²) < 4.78 is 9.61. The Bertz CT molecular complexity index is 226. The maximum atomic E-state index is 9.14. The molecule has 0 bridgehead atoms. The second kappa shape index (κ2) is 3.42. The highest BCUT2D eigenvalue weighted by Crippen LogP contribution is 2.09. The lowest BCUT2D eigenvalue weighted by atomic mass is 10.4. The van der Waals surface area contributed by atoms with Crippen LogP contribution in [0.5, 0.6) is 0 Å². The van der Waals surface area contributed by atoms with Gasteiger partial charge in [0.15, 0.2) is 0 Å². The van der Waals surface area contributed by atoms with Crippen LogP contribution in [0.3, 0.4) is 0 Å². The molecule has 1 aliphatic rings. The fraction of sp³-hybridized carbons (Fsp3) is 0.500. The number of hydroxylamine groups is 2. The molecular weight excluding hydrogens is 162 g/mol. The monoisotopic (exact) mass is 173 g/mol. The summed E-state index contributed by atoms with van der Waals surface area (Å²) in [6.45, 7) is 0. The zero-order valence-corrected chi connectivity index (χ0v) is 6.89. The molecular formula is C6H11N3O3. The van der Waals surface area contributed by atoms with Gasteiger partial charge in [-0.2, -0.15) is 4.99 Å². The van der Waals surface area contributed by atoms with Gasteiger partial charge in [0.05, 0.1) is 13.3 Å². The quantitative estimate of drug-likeness (QED) is 0.557. The van der Waals surface area contributed by atoms with E-state index in [1.165, 1.54) is 20.4 Å². The van der Waals surface area contributed by atoms with Gasteiger partial charge >= 0.3 is 0 Å². The van der Waals surface area contributed by atoms with Crippen LogP contribution in [0.15, 0.2) is 16.9 Å².